The average molecular weight is 352 g/mol. The number of aromatic nitrogens is 1. The van der Waals surface area contributed by atoms with Gasteiger partial charge in [-0.25, -0.2) is 9.78 Å². The number of nitrogens with zero attached hydrogens (tertiary/aromatic N) is 2. The van der Waals surface area contributed by atoms with Gasteiger partial charge in [-0.15, -0.1) is 0 Å². The summed E-state index contributed by atoms with van der Waals surface area (Å²) in [5.41, 5.74) is 1.98. The number of benzene rings is 1. The normalized spacial score (nSPS) is 16.8. The van der Waals surface area contributed by atoms with Gasteiger partial charge in [-0.3, -0.25) is 4.79 Å². The Hall–Kier alpha value is -2.89. The number of aryl methyl sites for hydroxylation is 1. The number of pyridine rings is 1. The van der Waals surface area contributed by atoms with Gasteiger partial charge in [0.2, 0.25) is 5.91 Å². The highest BCUT2D eigenvalue weighted by Crippen LogP contribution is 2.19. The van der Waals surface area contributed by atoms with Crippen molar-refractivity contribution >= 4 is 17.8 Å². The number of nitrogens with one attached hydrogen (secondary N) is 2. The van der Waals surface area contributed by atoms with Gasteiger partial charge in [0, 0.05) is 25.8 Å². The highest BCUT2D eigenvalue weighted by atomic mass is 16.2. The van der Waals surface area contributed by atoms with E-state index in [0.717, 1.165) is 24.0 Å². The number of rotatable bonds is 4. The fraction of sp³-hybridized carbons (Fsp3) is 0.350. The van der Waals surface area contributed by atoms with E-state index in [2.05, 4.69) is 15.6 Å². The maximum atomic E-state index is 12.6. The van der Waals surface area contributed by atoms with Gasteiger partial charge in [0.15, 0.2) is 0 Å². The highest BCUT2D eigenvalue weighted by molar-refractivity contribution is 5.92. The van der Waals surface area contributed by atoms with Crippen molar-refractivity contribution in [3.63, 3.8) is 0 Å². The minimum atomic E-state index is -0.215. The smallest absolute Gasteiger partial charge is 0.317 e. The van der Waals surface area contributed by atoms with Crippen LogP contribution in [0, 0.1) is 12.8 Å². The Balaban J connectivity index is 1.54. The van der Waals surface area contributed by atoms with E-state index in [1.54, 1.807) is 11.1 Å². The average Bonchev–Trinajstić information content (AvgIpc) is 2.69. The molecule has 0 spiro atoms. The minimum Gasteiger partial charge on any atom is -0.334 e. The second kappa shape index (κ2) is 8.47. The number of carbonyl (C=O) groups excluding carboxylic acids is 2. The number of hydrogen-bond acceptors (Lipinski definition) is 3. The van der Waals surface area contributed by atoms with Crippen molar-refractivity contribution in [2.24, 2.45) is 5.92 Å². The highest BCUT2D eigenvalue weighted by Gasteiger charge is 2.28. The quantitative estimate of drug-likeness (QED) is 0.888. The second-order valence-electron chi connectivity index (χ2n) is 6.59. The van der Waals surface area contributed by atoms with Gasteiger partial charge in [-0.2, -0.15) is 0 Å². The molecule has 3 rings (SSSR count). The summed E-state index contributed by atoms with van der Waals surface area (Å²) in [6.45, 7) is 3.50. The third-order valence-electron chi connectivity index (χ3n) is 4.62. The summed E-state index contributed by atoms with van der Waals surface area (Å²) in [4.78, 5) is 30.9. The molecule has 2 aromatic rings. The molecule has 0 bridgehead atoms. The Morgan fingerprint density at radius 1 is 1.19 bits per heavy atom. The van der Waals surface area contributed by atoms with E-state index in [1.165, 1.54) is 0 Å². The molecular weight excluding hydrogens is 328 g/mol. The second-order valence-corrected chi connectivity index (χ2v) is 6.59. The van der Waals surface area contributed by atoms with Crippen LogP contribution in [0.25, 0.3) is 0 Å². The summed E-state index contributed by atoms with van der Waals surface area (Å²) >= 11 is 0. The van der Waals surface area contributed by atoms with Crippen LogP contribution in [-0.4, -0.2) is 34.9 Å². The molecule has 136 valence electrons. The number of amides is 3. The fourth-order valence-corrected chi connectivity index (χ4v) is 3.10. The Bertz CT molecular complexity index is 763. The lowest BCUT2D eigenvalue weighted by molar-refractivity contribution is -0.121. The SMILES string of the molecule is Cc1cccnc1NC(=O)[C@@H]1CCCN(C(=O)NCc2ccccc2)C1. The predicted octanol–water partition coefficient (Wildman–Crippen LogP) is 2.95. The third kappa shape index (κ3) is 4.59. The molecule has 0 unspecified atom stereocenters. The molecule has 1 fully saturated rings. The predicted molar refractivity (Wildman–Crippen MR) is 101 cm³/mol. The van der Waals surface area contributed by atoms with Gasteiger partial charge in [-0.1, -0.05) is 36.4 Å². The Morgan fingerprint density at radius 3 is 2.77 bits per heavy atom. The Labute approximate surface area is 153 Å². The molecule has 3 amide bonds. The first-order valence-corrected chi connectivity index (χ1v) is 8.92. The largest absolute Gasteiger partial charge is 0.334 e. The number of anilines is 1. The van der Waals surface area contributed by atoms with E-state index in [-0.39, 0.29) is 17.9 Å². The zero-order valence-electron chi connectivity index (χ0n) is 14.9. The van der Waals surface area contributed by atoms with E-state index in [1.807, 2.05) is 49.4 Å². The standard InChI is InChI=1S/C20H24N4O2/c1-15-7-5-11-21-18(15)23-19(25)17-10-6-12-24(14-17)20(26)22-13-16-8-3-2-4-9-16/h2-5,7-9,11,17H,6,10,12-14H2,1H3,(H,22,26)(H,21,23,25)/t17-/m1/s1. The molecule has 1 aromatic carbocycles. The van der Waals surface area contributed by atoms with E-state index in [9.17, 15) is 9.59 Å². The zero-order valence-corrected chi connectivity index (χ0v) is 14.9. The van der Waals surface area contributed by atoms with Gasteiger partial charge in [-0.05, 0) is 37.0 Å². The lowest BCUT2D eigenvalue weighted by Crippen LogP contribution is -2.47. The molecule has 0 radical (unpaired) electrons. The van der Waals surface area contributed by atoms with Crippen LogP contribution in [-0.2, 0) is 11.3 Å². The monoisotopic (exact) mass is 352 g/mol. The number of carbonyl (C=O) groups is 2. The van der Waals surface area contributed by atoms with Crippen LogP contribution in [0.15, 0.2) is 48.7 Å². The molecule has 2 N–H and O–H groups in total. The minimum absolute atomic E-state index is 0.0765. The molecule has 6 heteroatoms. The summed E-state index contributed by atoms with van der Waals surface area (Å²) in [5, 5.41) is 5.82. The van der Waals surface area contributed by atoms with Crippen molar-refractivity contribution in [1.82, 2.24) is 15.2 Å². The molecule has 1 aromatic heterocycles. The molecular formula is C20H24N4O2. The number of likely N-dealkylation sites (tertiary alicyclic amines) is 1. The summed E-state index contributed by atoms with van der Waals surface area (Å²) in [6.07, 6.45) is 3.25. The van der Waals surface area contributed by atoms with Crippen molar-refractivity contribution in [3.05, 3.63) is 59.8 Å². The van der Waals surface area contributed by atoms with Crippen LogP contribution in [0.4, 0.5) is 10.6 Å². The van der Waals surface area contributed by atoms with Crippen molar-refractivity contribution in [2.45, 2.75) is 26.3 Å². The van der Waals surface area contributed by atoms with E-state index < -0.39 is 0 Å². The van der Waals surface area contributed by atoms with E-state index in [0.29, 0.717) is 25.5 Å². The Morgan fingerprint density at radius 2 is 2.00 bits per heavy atom. The summed E-state index contributed by atoms with van der Waals surface area (Å²) < 4.78 is 0. The summed E-state index contributed by atoms with van der Waals surface area (Å²) in [7, 11) is 0. The van der Waals surface area contributed by atoms with Crippen LogP contribution in [0.2, 0.25) is 0 Å². The van der Waals surface area contributed by atoms with Crippen LogP contribution in [0.5, 0.6) is 0 Å². The van der Waals surface area contributed by atoms with Crippen molar-refractivity contribution in [2.75, 3.05) is 18.4 Å². The molecule has 1 aliphatic rings. The summed E-state index contributed by atoms with van der Waals surface area (Å²) in [5.74, 6) is 0.295. The van der Waals surface area contributed by atoms with Crippen LogP contribution in [0.1, 0.15) is 24.0 Å². The lowest BCUT2D eigenvalue weighted by atomic mass is 9.97. The number of urea groups is 1. The fourth-order valence-electron chi connectivity index (χ4n) is 3.10. The number of hydrogen-bond donors (Lipinski definition) is 2. The molecule has 6 nitrogen and oxygen atoms in total. The van der Waals surface area contributed by atoms with Gasteiger partial charge >= 0.3 is 6.03 Å². The molecule has 1 aliphatic heterocycles. The van der Waals surface area contributed by atoms with E-state index in [4.69, 9.17) is 0 Å². The third-order valence-corrected chi connectivity index (χ3v) is 4.62. The first kappa shape index (κ1) is 17.9. The van der Waals surface area contributed by atoms with Gasteiger partial charge < -0.3 is 15.5 Å². The van der Waals surface area contributed by atoms with Gasteiger partial charge in [0.1, 0.15) is 5.82 Å². The first-order chi connectivity index (χ1) is 12.6. The maximum absolute atomic E-state index is 12.6. The van der Waals surface area contributed by atoms with Gasteiger partial charge in [0.25, 0.3) is 0 Å². The summed E-state index contributed by atoms with van der Waals surface area (Å²) in [6, 6.07) is 13.4. The first-order valence-electron chi connectivity index (χ1n) is 8.92. The van der Waals surface area contributed by atoms with E-state index >= 15 is 0 Å². The van der Waals surface area contributed by atoms with Crippen LogP contribution in [0.3, 0.4) is 0 Å². The van der Waals surface area contributed by atoms with Crippen LogP contribution >= 0.6 is 0 Å². The molecule has 0 aliphatic carbocycles. The molecule has 2 heterocycles. The van der Waals surface area contributed by atoms with Gasteiger partial charge in [0.05, 0.1) is 5.92 Å². The topological polar surface area (TPSA) is 74.3 Å². The molecule has 1 atom stereocenters. The van der Waals surface area contributed by atoms with Crippen LogP contribution < -0.4 is 10.6 Å². The maximum Gasteiger partial charge on any atom is 0.317 e. The van der Waals surface area contributed by atoms with Crippen molar-refractivity contribution in [3.8, 4) is 0 Å². The molecule has 0 saturated carbocycles. The van der Waals surface area contributed by atoms with Crippen molar-refractivity contribution in [1.29, 1.82) is 0 Å². The molecule has 26 heavy (non-hydrogen) atoms. The Kier molecular flexibility index (Phi) is 5.84. The zero-order chi connectivity index (χ0) is 18.4. The van der Waals surface area contributed by atoms with Crippen molar-refractivity contribution < 1.29 is 9.59 Å². The number of piperidine rings is 1. The lowest BCUT2D eigenvalue weighted by Gasteiger charge is -2.32. The molecule has 1 saturated heterocycles.